The third-order valence-corrected chi connectivity index (χ3v) is 7.25. The quantitative estimate of drug-likeness (QED) is 0.377. The van der Waals surface area contributed by atoms with Crippen LogP contribution in [-0.2, 0) is 17.6 Å². The fourth-order valence-corrected chi connectivity index (χ4v) is 5.03. The number of para-hydroxylation sites is 1. The number of amides is 1. The molecule has 0 spiro atoms. The van der Waals surface area contributed by atoms with Gasteiger partial charge in [-0.25, -0.2) is 10.4 Å². The van der Waals surface area contributed by atoms with Gasteiger partial charge < -0.3 is 20.3 Å². The molecular weight excluding hydrogens is 545 g/mol. The first kappa shape index (κ1) is 27.6. The molecule has 42 heavy (non-hydrogen) atoms. The lowest BCUT2D eigenvalue weighted by Gasteiger charge is -2.31. The van der Waals surface area contributed by atoms with E-state index in [9.17, 15) is 18.0 Å². The van der Waals surface area contributed by atoms with Crippen LogP contribution in [0.25, 0.3) is 5.57 Å². The molecule has 6 rings (SSSR count). The van der Waals surface area contributed by atoms with E-state index in [0.29, 0.717) is 50.8 Å². The molecule has 0 radical (unpaired) electrons. The van der Waals surface area contributed by atoms with Crippen molar-refractivity contribution in [3.63, 3.8) is 0 Å². The SMILES string of the molecule is O=C(Nc1cc(C(F)(F)F)ccc1N1CCNCC1)C1=NC2=C(c3ccc(COc4ccccc4)cc3)CNN2C=C1. The van der Waals surface area contributed by atoms with Gasteiger partial charge in [-0.3, -0.25) is 9.80 Å². The number of ether oxygens (including phenoxy) is 1. The molecule has 216 valence electrons. The highest BCUT2D eigenvalue weighted by molar-refractivity contribution is 6.47. The van der Waals surface area contributed by atoms with Crippen molar-refractivity contribution in [2.75, 3.05) is 42.9 Å². The predicted octanol–water partition coefficient (Wildman–Crippen LogP) is 4.79. The summed E-state index contributed by atoms with van der Waals surface area (Å²) in [5.74, 6) is 0.762. The fraction of sp³-hybridized carbons (Fsp3) is 0.226. The minimum atomic E-state index is -4.54. The van der Waals surface area contributed by atoms with Crippen LogP contribution in [0.4, 0.5) is 24.5 Å². The number of carbonyl (C=O) groups is 1. The van der Waals surface area contributed by atoms with E-state index in [1.165, 1.54) is 12.1 Å². The predicted molar refractivity (Wildman–Crippen MR) is 156 cm³/mol. The van der Waals surface area contributed by atoms with Gasteiger partial charge in [0.15, 0.2) is 5.82 Å². The van der Waals surface area contributed by atoms with Crippen molar-refractivity contribution in [3.05, 3.63) is 108 Å². The number of alkyl halides is 3. The number of benzene rings is 3. The van der Waals surface area contributed by atoms with Gasteiger partial charge >= 0.3 is 6.18 Å². The molecule has 3 heterocycles. The van der Waals surface area contributed by atoms with Crippen LogP contribution in [0.2, 0.25) is 0 Å². The van der Waals surface area contributed by atoms with Crippen molar-refractivity contribution in [2.24, 2.45) is 4.99 Å². The fourth-order valence-electron chi connectivity index (χ4n) is 5.03. The summed E-state index contributed by atoms with van der Waals surface area (Å²) in [5, 5.41) is 7.66. The van der Waals surface area contributed by atoms with Gasteiger partial charge in [-0.15, -0.1) is 0 Å². The van der Waals surface area contributed by atoms with Gasteiger partial charge in [0.25, 0.3) is 5.91 Å². The van der Waals surface area contributed by atoms with Gasteiger partial charge in [0.05, 0.1) is 16.9 Å². The molecule has 3 aliphatic rings. The van der Waals surface area contributed by atoms with Crippen molar-refractivity contribution >= 4 is 28.6 Å². The standard InChI is InChI=1S/C31H29F3N6O2/c32-31(33,34)23-10-11-28(39-16-13-35-14-17-39)27(18-23)38-30(41)26-12-15-40-29(37-26)25(19-36-40)22-8-6-21(7-9-22)20-42-24-4-2-1-3-5-24/h1-12,15,18,35-36H,13-14,16-17,19-20H2,(H,38,41). The third-order valence-electron chi connectivity index (χ3n) is 7.25. The number of carbonyl (C=O) groups excluding carboxylic acids is 1. The molecule has 11 heteroatoms. The second-order valence-electron chi connectivity index (χ2n) is 10.0. The Morgan fingerprint density at radius 1 is 1.00 bits per heavy atom. The van der Waals surface area contributed by atoms with Crippen molar-refractivity contribution in [2.45, 2.75) is 12.8 Å². The van der Waals surface area contributed by atoms with Gasteiger partial charge in [0.1, 0.15) is 18.1 Å². The average Bonchev–Trinajstić information content (AvgIpc) is 3.44. The largest absolute Gasteiger partial charge is 0.489 e. The maximum absolute atomic E-state index is 13.5. The lowest BCUT2D eigenvalue weighted by atomic mass is 10.0. The number of nitrogens with one attached hydrogen (secondary N) is 3. The minimum Gasteiger partial charge on any atom is -0.489 e. The molecule has 0 bridgehead atoms. The first-order valence-corrected chi connectivity index (χ1v) is 13.6. The van der Waals surface area contributed by atoms with Crippen LogP contribution >= 0.6 is 0 Å². The van der Waals surface area contributed by atoms with E-state index in [4.69, 9.17) is 4.74 Å². The maximum Gasteiger partial charge on any atom is 0.416 e. The van der Waals surface area contributed by atoms with E-state index in [0.717, 1.165) is 34.6 Å². The topological polar surface area (TPSA) is 81.2 Å². The third kappa shape index (κ3) is 6.02. The lowest BCUT2D eigenvalue weighted by molar-refractivity contribution is -0.137. The molecule has 0 aromatic heterocycles. The summed E-state index contributed by atoms with van der Waals surface area (Å²) in [5.41, 5.74) is 5.96. The molecule has 1 saturated heterocycles. The monoisotopic (exact) mass is 574 g/mol. The number of hydrogen-bond acceptors (Lipinski definition) is 7. The summed E-state index contributed by atoms with van der Waals surface area (Å²) in [6, 6.07) is 21.0. The van der Waals surface area contributed by atoms with Crippen LogP contribution in [0.15, 0.2) is 95.9 Å². The zero-order valence-electron chi connectivity index (χ0n) is 22.6. The molecule has 3 aromatic rings. The Hall–Kier alpha value is -4.61. The van der Waals surface area contributed by atoms with Crippen molar-refractivity contribution in [1.29, 1.82) is 0 Å². The lowest BCUT2D eigenvalue weighted by Crippen LogP contribution is -2.44. The molecule has 3 N–H and O–H groups in total. The number of anilines is 2. The molecule has 3 aliphatic heterocycles. The number of rotatable bonds is 7. The van der Waals surface area contributed by atoms with E-state index >= 15 is 0 Å². The number of halogens is 3. The Morgan fingerprint density at radius 3 is 2.50 bits per heavy atom. The zero-order valence-corrected chi connectivity index (χ0v) is 22.6. The number of hydrogen-bond donors (Lipinski definition) is 3. The number of nitrogens with zero attached hydrogens (tertiary/aromatic N) is 3. The summed E-state index contributed by atoms with van der Waals surface area (Å²) in [6.45, 7) is 3.55. The Bertz CT molecular complexity index is 1550. The maximum atomic E-state index is 13.5. The van der Waals surface area contributed by atoms with Crippen LogP contribution in [0.5, 0.6) is 5.75 Å². The van der Waals surface area contributed by atoms with Crippen LogP contribution in [0.3, 0.4) is 0 Å². The summed E-state index contributed by atoms with van der Waals surface area (Å²) in [7, 11) is 0. The van der Waals surface area contributed by atoms with Crippen molar-refractivity contribution < 1.29 is 22.7 Å². The molecule has 3 aromatic carbocycles. The van der Waals surface area contributed by atoms with E-state index in [2.05, 4.69) is 21.1 Å². The van der Waals surface area contributed by atoms with E-state index in [1.54, 1.807) is 11.2 Å². The van der Waals surface area contributed by atoms with Gasteiger partial charge in [-0.1, -0.05) is 42.5 Å². The summed E-state index contributed by atoms with van der Waals surface area (Å²) >= 11 is 0. The summed E-state index contributed by atoms with van der Waals surface area (Å²) in [4.78, 5) is 19.9. The molecule has 1 fully saturated rings. The molecule has 0 saturated carbocycles. The highest BCUT2D eigenvalue weighted by atomic mass is 19.4. The highest BCUT2D eigenvalue weighted by Crippen LogP contribution is 2.36. The normalized spacial score (nSPS) is 16.8. The Morgan fingerprint density at radius 2 is 1.76 bits per heavy atom. The molecule has 8 nitrogen and oxygen atoms in total. The number of aliphatic imine (C=N–C) groups is 1. The highest BCUT2D eigenvalue weighted by Gasteiger charge is 2.32. The second kappa shape index (κ2) is 11.7. The van der Waals surface area contributed by atoms with Crippen molar-refractivity contribution in [3.8, 4) is 5.75 Å². The smallest absolute Gasteiger partial charge is 0.416 e. The summed E-state index contributed by atoms with van der Waals surface area (Å²) in [6.07, 6.45) is -1.31. The average molecular weight is 575 g/mol. The molecule has 1 amide bonds. The van der Waals surface area contributed by atoms with Crippen LogP contribution in [0, 0.1) is 0 Å². The zero-order chi connectivity index (χ0) is 29.1. The summed E-state index contributed by atoms with van der Waals surface area (Å²) < 4.78 is 46.4. The Balaban J connectivity index is 1.22. The van der Waals surface area contributed by atoms with Gasteiger partial charge in [-0.2, -0.15) is 13.2 Å². The van der Waals surface area contributed by atoms with Crippen molar-refractivity contribution in [1.82, 2.24) is 15.8 Å². The number of piperazine rings is 1. The van der Waals surface area contributed by atoms with Crippen LogP contribution in [0.1, 0.15) is 16.7 Å². The number of hydrazine groups is 1. The molecular formula is C31H29F3N6O2. The van der Waals surface area contributed by atoms with Crippen LogP contribution in [-0.4, -0.2) is 49.4 Å². The van der Waals surface area contributed by atoms with E-state index in [-0.39, 0.29) is 11.4 Å². The van der Waals surface area contributed by atoms with Gasteiger partial charge in [0, 0.05) is 44.5 Å². The molecule has 0 aliphatic carbocycles. The Labute approximate surface area is 241 Å². The Kier molecular flexibility index (Phi) is 7.68. The molecule has 0 atom stereocenters. The van der Waals surface area contributed by atoms with Gasteiger partial charge in [0.2, 0.25) is 0 Å². The van der Waals surface area contributed by atoms with Crippen LogP contribution < -0.4 is 25.7 Å². The minimum absolute atomic E-state index is 0.0963. The van der Waals surface area contributed by atoms with E-state index in [1.807, 2.05) is 59.5 Å². The second-order valence-corrected chi connectivity index (χ2v) is 10.0. The van der Waals surface area contributed by atoms with Gasteiger partial charge in [-0.05, 0) is 47.5 Å². The van der Waals surface area contributed by atoms with E-state index < -0.39 is 17.6 Å². The number of fused-ring (bicyclic) bond motifs is 1. The first-order valence-electron chi connectivity index (χ1n) is 13.6. The first-order chi connectivity index (χ1) is 20.3. The molecule has 0 unspecified atom stereocenters.